The van der Waals surface area contributed by atoms with Crippen LogP contribution in [0, 0.1) is 0 Å². The maximum atomic E-state index is 12.8. The quantitative estimate of drug-likeness (QED) is 0.765. The van der Waals surface area contributed by atoms with Gasteiger partial charge < -0.3 is 15.2 Å². The molecule has 1 amide bonds. The number of halogens is 2. The van der Waals surface area contributed by atoms with E-state index in [4.69, 9.17) is 10.5 Å². The Morgan fingerprint density at radius 3 is 2.57 bits per heavy atom. The van der Waals surface area contributed by atoms with Crippen LogP contribution in [0.3, 0.4) is 0 Å². The number of hydrogen-bond acceptors (Lipinski definition) is 5. The number of ether oxygens (including phenoxy) is 2. The van der Waals surface area contributed by atoms with Gasteiger partial charge in [0.05, 0.1) is 6.61 Å². The Hall–Kier alpha value is -3.26. The fourth-order valence-electron chi connectivity index (χ4n) is 3.05. The summed E-state index contributed by atoms with van der Waals surface area (Å²) in [7, 11) is 1.59. The van der Waals surface area contributed by atoms with E-state index in [9.17, 15) is 13.6 Å². The van der Waals surface area contributed by atoms with Crippen LogP contribution in [0.25, 0.3) is 6.08 Å². The predicted molar refractivity (Wildman–Crippen MR) is 101 cm³/mol. The lowest BCUT2D eigenvalue weighted by Gasteiger charge is -2.25. The molecular weight excluding hydrogens is 368 g/mol. The normalized spacial score (nSPS) is 19.1. The number of hydrogen-bond donors (Lipinski definition) is 2. The van der Waals surface area contributed by atoms with E-state index in [2.05, 4.69) is 15.0 Å². The van der Waals surface area contributed by atoms with Crippen molar-refractivity contribution in [2.45, 2.75) is 12.2 Å². The number of aliphatic imine (C=N–C) groups is 1. The van der Waals surface area contributed by atoms with Crippen LogP contribution in [0.15, 0.2) is 59.6 Å². The first-order chi connectivity index (χ1) is 13.5. The second kappa shape index (κ2) is 8.18. The average molecular weight is 387 g/mol. The Morgan fingerprint density at radius 1 is 1.21 bits per heavy atom. The van der Waals surface area contributed by atoms with Crippen LogP contribution in [0.5, 0.6) is 5.75 Å². The highest BCUT2D eigenvalue weighted by Gasteiger charge is 2.46. The summed E-state index contributed by atoms with van der Waals surface area (Å²) in [6, 6.07) is 13.0. The Bertz CT molecular complexity index is 913. The number of nitrogens with one attached hydrogen (secondary N) is 1. The molecule has 3 N–H and O–H groups in total. The van der Waals surface area contributed by atoms with E-state index in [1.165, 1.54) is 24.3 Å². The molecule has 6 nitrogen and oxygen atoms in total. The first-order valence-corrected chi connectivity index (χ1v) is 8.44. The number of alkyl halides is 2. The van der Waals surface area contributed by atoms with Crippen LogP contribution in [0.2, 0.25) is 0 Å². The van der Waals surface area contributed by atoms with Gasteiger partial charge in [-0.2, -0.15) is 8.78 Å². The zero-order valence-corrected chi connectivity index (χ0v) is 15.1. The van der Waals surface area contributed by atoms with Gasteiger partial charge in [0.2, 0.25) is 0 Å². The minimum Gasteiger partial charge on any atom is -0.435 e. The van der Waals surface area contributed by atoms with Crippen LogP contribution in [0.1, 0.15) is 16.7 Å². The van der Waals surface area contributed by atoms with E-state index < -0.39 is 18.1 Å². The van der Waals surface area contributed by atoms with Gasteiger partial charge in [0.25, 0.3) is 5.91 Å². The molecule has 8 heteroatoms. The molecule has 1 aliphatic rings. The van der Waals surface area contributed by atoms with Gasteiger partial charge in [-0.3, -0.25) is 10.1 Å². The van der Waals surface area contributed by atoms with E-state index in [0.717, 1.165) is 5.56 Å². The summed E-state index contributed by atoms with van der Waals surface area (Å²) < 4.78 is 34.2. The highest BCUT2D eigenvalue weighted by atomic mass is 19.3. The van der Waals surface area contributed by atoms with Gasteiger partial charge in [-0.15, -0.1) is 0 Å². The number of carbonyl (C=O) groups is 1. The SMILES string of the molecule is COC/C=C/c1cccc(C2(c3ccc(OC(F)F)cc3)N=C(N)NC2=O)c1. The van der Waals surface area contributed by atoms with Crippen molar-refractivity contribution < 1.29 is 23.0 Å². The monoisotopic (exact) mass is 387 g/mol. The first kappa shape index (κ1) is 19.5. The summed E-state index contributed by atoms with van der Waals surface area (Å²) >= 11 is 0. The fourth-order valence-corrected chi connectivity index (χ4v) is 3.05. The average Bonchev–Trinajstić information content (AvgIpc) is 2.97. The summed E-state index contributed by atoms with van der Waals surface area (Å²) in [5.41, 5.74) is 6.27. The molecule has 0 aromatic heterocycles. The predicted octanol–water partition coefficient (Wildman–Crippen LogP) is 2.64. The van der Waals surface area contributed by atoms with Crippen LogP contribution in [0.4, 0.5) is 8.78 Å². The van der Waals surface area contributed by atoms with Crippen LogP contribution in [-0.2, 0) is 15.1 Å². The molecule has 1 heterocycles. The summed E-state index contributed by atoms with van der Waals surface area (Å²) in [4.78, 5) is 17.2. The smallest absolute Gasteiger partial charge is 0.387 e. The molecule has 28 heavy (non-hydrogen) atoms. The summed E-state index contributed by atoms with van der Waals surface area (Å²) in [5.74, 6) is -0.454. The number of carbonyl (C=O) groups excluding carboxylic acids is 1. The maximum absolute atomic E-state index is 12.8. The molecule has 1 aliphatic heterocycles. The van der Waals surface area contributed by atoms with E-state index in [0.29, 0.717) is 17.7 Å². The standard InChI is InChI=1S/C20H19F2N3O3/c1-27-11-3-5-13-4-2-6-15(12-13)20(17(26)24-19(23)25-20)14-7-9-16(10-8-14)28-18(21)22/h2-10,12,18H,11H2,1H3,(H3,23,24,25,26)/b5-3+. The van der Waals surface area contributed by atoms with Crippen LogP contribution >= 0.6 is 0 Å². The summed E-state index contributed by atoms with van der Waals surface area (Å²) in [6.07, 6.45) is 3.70. The van der Waals surface area contributed by atoms with Crippen LogP contribution in [-0.4, -0.2) is 32.2 Å². The number of guanidine groups is 1. The Morgan fingerprint density at radius 2 is 1.96 bits per heavy atom. The fraction of sp³-hybridized carbons (Fsp3) is 0.200. The van der Waals surface area contributed by atoms with E-state index >= 15 is 0 Å². The van der Waals surface area contributed by atoms with E-state index in [1.54, 1.807) is 19.2 Å². The third-order valence-electron chi connectivity index (χ3n) is 4.23. The number of nitrogens with two attached hydrogens (primary N) is 1. The van der Waals surface area contributed by atoms with Crippen molar-refractivity contribution in [2.24, 2.45) is 10.7 Å². The third kappa shape index (κ3) is 3.86. The van der Waals surface area contributed by atoms with Gasteiger partial charge in [0.15, 0.2) is 11.5 Å². The second-order valence-corrected chi connectivity index (χ2v) is 6.05. The number of rotatable bonds is 7. The molecule has 0 saturated carbocycles. The zero-order chi connectivity index (χ0) is 20.1. The van der Waals surface area contributed by atoms with Crippen molar-refractivity contribution in [3.05, 3.63) is 71.3 Å². The number of nitrogens with zero attached hydrogens (tertiary/aromatic N) is 1. The van der Waals surface area contributed by atoms with Crippen molar-refractivity contribution >= 4 is 17.9 Å². The van der Waals surface area contributed by atoms with Crippen molar-refractivity contribution in [1.82, 2.24) is 5.32 Å². The molecule has 0 saturated heterocycles. The van der Waals surface area contributed by atoms with Gasteiger partial charge in [-0.05, 0) is 34.9 Å². The molecule has 0 radical (unpaired) electrons. The molecule has 0 bridgehead atoms. The van der Waals surface area contributed by atoms with Gasteiger partial charge in [0.1, 0.15) is 5.75 Å². The van der Waals surface area contributed by atoms with Gasteiger partial charge in [-0.1, -0.05) is 42.5 Å². The molecule has 1 unspecified atom stereocenters. The van der Waals surface area contributed by atoms with Crippen molar-refractivity contribution in [2.75, 3.05) is 13.7 Å². The molecule has 2 aromatic rings. The van der Waals surface area contributed by atoms with Gasteiger partial charge in [0, 0.05) is 7.11 Å². The third-order valence-corrected chi connectivity index (χ3v) is 4.23. The van der Waals surface area contributed by atoms with Crippen molar-refractivity contribution in [1.29, 1.82) is 0 Å². The molecule has 0 aliphatic carbocycles. The molecule has 146 valence electrons. The lowest BCUT2D eigenvalue weighted by Crippen LogP contribution is -2.39. The topological polar surface area (TPSA) is 85.9 Å². The summed E-state index contributed by atoms with van der Waals surface area (Å²) in [6.45, 7) is -2.48. The highest BCUT2D eigenvalue weighted by Crippen LogP contribution is 2.38. The molecule has 2 aromatic carbocycles. The Kier molecular flexibility index (Phi) is 5.70. The van der Waals surface area contributed by atoms with Gasteiger partial charge in [-0.25, -0.2) is 4.99 Å². The van der Waals surface area contributed by atoms with E-state index in [-0.39, 0.29) is 11.7 Å². The number of methoxy groups -OCH3 is 1. The van der Waals surface area contributed by atoms with E-state index in [1.807, 2.05) is 24.3 Å². The van der Waals surface area contributed by atoms with Crippen molar-refractivity contribution in [3.63, 3.8) is 0 Å². The molecule has 0 spiro atoms. The van der Waals surface area contributed by atoms with Crippen LogP contribution < -0.4 is 15.8 Å². The number of benzene rings is 2. The molecule has 3 rings (SSSR count). The second-order valence-electron chi connectivity index (χ2n) is 6.05. The first-order valence-electron chi connectivity index (χ1n) is 8.44. The lowest BCUT2D eigenvalue weighted by atomic mass is 9.82. The molecular formula is C20H19F2N3O3. The lowest BCUT2D eigenvalue weighted by molar-refractivity contribution is -0.122. The Balaban J connectivity index is 2.06. The van der Waals surface area contributed by atoms with Crippen molar-refractivity contribution in [3.8, 4) is 5.75 Å². The minimum atomic E-state index is -2.93. The largest absolute Gasteiger partial charge is 0.435 e. The van der Waals surface area contributed by atoms with Gasteiger partial charge >= 0.3 is 6.61 Å². The Labute approximate surface area is 160 Å². The zero-order valence-electron chi connectivity index (χ0n) is 15.1. The highest BCUT2D eigenvalue weighted by molar-refractivity contribution is 6.09. The summed E-state index contributed by atoms with van der Waals surface area (Å²) in [5, 5.41) is 2.52. The molecule has 0 fully saturated rings. The number of amides is 1. The minimum absolute atomic E-state index is 0.0134. The maximum Gasteiger partial charge on any atom is 0.387 e. The molecule has 1 atom stereocenters.